The molecule has 4 rings (SSSR count). The first-order chi connectivity index (χ1) is 12.3. The summed E-state index contributed by atoms with van der Waals surface area (Å²) in [6.45, 7) is 0.387. The van der Waals surface area contributed by atoms with Gasteiger partial charge in [-0.3, -0.25) is 4.79 Å². The lowest BCUT2D eigenvalue weighted by Crippen LogP contribution is -2.36. The first-order valence-electron chi connectivity index (χ1n) is 8.83. The lowest BCUT2D eigenvalue weighted by molar-refractivity contribution is -0.123. The number of aryl methyl sites for hydroxylation is 1. The van der Waals surface area contributed by atoms with Gasteiger partial charge < -0.3 is 11.1 Å². The number of benzene rings is 3. The maximum atomic E-state index is 12.8. The van der Waals surface area contributed by atoms with Gasteiger partial charge in [-0.15, -0.1) is 12.4 Å². The van der Waals surface area contributed by atoms with Crippen molar-refractivity contribution >= 4 is 29.1 Å². The van der Waals surface area contributed by atoms with Crippen molar-refractivity contribution in [1.29, 1.82) is 0 Å². The van der Waals surface area contributed by atoms with Crippen molar-refractivity contribution in [2.45, 2.75) is 24.8 Å². The Bertz CT molecular complexity index is 925. The molecule has 0 heterocycles. The summed E-state index contributed by atoms with van der Waals surface area (Å²) < 4.78 is 0. The van der Waals surface area contributed by atoms with Crippen LogP contribution >= 0.6 is 12.4 Å². The van der Waals surface area contributed by atoms with Crippen molar-refractivity contribution < 1.29 is 4.79 Å². The first-order valence-corrected chi connectivity index (χ1v) is 8.83. The monoisotopic (exact) mass is 366 g/mol. The smallest absolute Gasteiger partial charge is 0.228 e. The molecule has 3 nitrogen and oxygen atoms in total. The molecule has 4 heteroatoms. The number of hydrogen-bond acceptors (Lipinski definition) is 2. The van der Waals surface area contributed by atoms with Crippen LogP contribution in [0.3, 0.4) is 0 Å². The minimum Gasteiger partial charge on any atom is -0.347 e. The summed E-state index contributed by atoms with van der Waals surface area (Å²) >= 11 is 0. The first kappa shape index (κ1) is 18.4. The summed E-state index contributed by atoms with van der Waals surface area (Å²) in [5.41, 5.74) is 9.48. The average Bonchev–Trinajstić information content (AvgIpc) is 3.10. The summed E-state index contributed by atoms with van der Waals surface area (Å²) in [6.07, 6.45) is 1.84. The second-order valence-corrected chi connectivity index (χ2v) is 6.69. The Morgan fingerprint density at radius 2 is 1.77 bits per heavy atom. The average molecular weight is 367 g/mol. The van der Waals surface area contributed by atoms with Gasteiger partial charge in [-0.1, -0.05) is 60.7 Å². The van der Waals surface area contributed by atoms with E-state index in [1.54, 1.807) is 0 Å². The molecule has 0 aromatic heterocycles. The Hall–Kier alpha value is -2.36. The summed E-state index contributed by atoms with van der Waals surface area (Å²) in [6, 6.07) is 22.6. The second kappa shape index (κ2) is 7.90. The third-order valence-electron chi connectivity index (χ3n) is 5.18. The van der Waals surface area contributed by atoms with Gasteiger partial charge in [0.25, 0.3) is 0 Å². The van der Waals surface area contributed by atoms with Crippen molar-refractivity contribution in [2.75, 3.05) is 6.54 Å². The van der Waals surface area contributed by atoms with Crippen molar-refractivity contribution in [3.63, 3.8) is 0 Å². The van der Waals surface area contributed by atoms with Crippen LogP contribution in [0.25, 0.3) is 10.8 Å². The van der Waals surface area contributed by atoms with E-state index in [0.29, 0.717) is 6.54 Å². The molecule has 3 N–H and O–H groups in total. The van der Waals surface area contributed by atoms with E-state index in [1.165, 1.54) is 16.3 Å². The highest BCUT2D eigenvalue weighted by Gasteiger charge is 2.29. The highest BCUT2D eigenvalue weighted by atomic mass is 35.5. The van der Waals surface area contributed by atoms with Gasteiger partial charge >= 0.3 is 0 Å². The standard InChI is InChI=1S/C22H22N2O.ClH/c23-14-21(18-10-9-15-5-1-2-7-17(15)13-18)24-22(25)20-12-11-16-6-3-4-8-19(16)20;/h1-10,13,20-21H,11-12,14,23H2,(H,24,25);1H/t20-,21?;/m1./s1. The molecule has 0 saturated heterocycles. The predicted molar refractivity (Wildman–Crippen MR) is 109 cm³/mol. The van der Waals surface area contributed by atoms with E-state index in [9.17, 15) is 4.79 Å². The Balaban J connectivity index is 0.00000196. The number of carbonyl (C=O) groups is 1. The van der Waals surface area contributed by atoms with Gasteiger partial charge in [0, 0.05) is 6.54 Å². The molecule has 2 atom stereocenters. The van der Waals surface area contributed by atoms with Gasteiger partial charge in [-0.2, -0.15) is 0 Å². The lowest BCUT2D eigenvalue weighted by atomic mass is 9.98. The molecule has 0 bridgehead atoms. The van der Waals surface area contributed by atoms with E-state index < -0.39 is 0 Å². The van der Waals surface area contributed by atoms with E-state index >= 15 is 0 Å². The Kier molecular flexibility index (Phi) is 5.60. The molecule has 26 heavy (non-hydrogen) atoms. The van der Waals surface area contributed by atoms with Gasteiger partial charge in [-0.25, -0.2) is 0 Å². The molecule has 0 saturated carbocycles. The number of nitrogens with one attached hydrogen (secondary N) is 1. The van der Waals surface area contributed by atoms with Crippen molar-refractivity contribution in [3.05, 3.63) is 83.4 Å². The van der Waals surface area contributed by atoms with Crippen LogP contribution in [0.15, 0.2) is 66.7 Å². The van der Waals surface area contributed by atoms with Crippen LogP contribution in [0.5, 0.6) is 0 Å². The van der Waals surface area contributed by atoms with Gasteiger partial charge in [0.1, 0.15) is 0 Å². The molecule has 0 radical (unpaired) electrons. The minimum atomic E-state index is -0.162. The molecule has 3 aromatic carbocycles. The van der Waals surface area contributed by atoms with Crippen LogP contribution < -0.4 is 11.1 Å². The van der Waals surface area contributed by atoms with Gasteiger partial charge in [-0.05, 0) is 46.4 Å². The molecule has 0 aliphatic heterocycles. The maximum absolute atomic E-state index is 12.8. The summed E-state index contributed by atoms with van der Waals surface area (Å²) in [5.74, 6) is 0.0132. The number of nitrogens with two attached hydrogens (primary N) is 1. The highest BCUT2D eigenvalue weighted by molar-refractivity contribution is 5.86. The van der Waals surface area contributed by atoms with Crippen LogP contribution in [0.1, 0.15) is 35.1 Å². The topological polar surface area (TPSA) is 55.1 Å². The second-order valence-electron chi connectivity index (χ2n) is 6.69. The summed E-state index contributed by atoms with van der Waals surface area (Å²) in [7, 11) is 0. The fourth-order valence-corrected chi connectivity index (χ4v) is 3.80. The molecule has 134 valence electrons. The number of fused-ring (bicyclic) bond motifs is 2. The third kappa shape index (κ3) is 3.46. The molecule has 1 aliphatic carbocycles. The molecular formula is C22H23ClN2O. The summed E-state index contributed by atoms with van der Waals surface area (Å²) in [4.78, 5) is 12.8. The van der Waals surface area contributed by atoms with Crippen LogP contribution in [0, 0.1) is 0 Å². The molecular weight excluding hydrogens is 344 g/mol. The van der Waals surface area contributed by atoms with Gasteiger partial charge in [0.2, 0.25) is 5.91 Å². The normalized spacial score (nSPS) is 16.6. The third-order valence-corrected chi connectivity index (χ3v) is 5.18. The minimum absolute atomic E-state index is 0. The highest BCUT2D eigenvalue weighted by Crippen LogP contribution is 2.33. The molecule has 0 spiro atoms. The molecule has 3 aromatic rings. The number of amides is 1. The maximum Gasteiger partial charge on any atom is 0.228 e. The zero-order chi connectivity index (χ0) is 17.2. The zero-order valence-corrected chi connectivity index (χ0v) is 15.3. The quantitative estimate of drug-likeness (QED) is 0.730. The number of halogens is 1. The zero-order valence-electron chi connectivity index (χ0n) is 14.5. The molecule has 0 fully saturated rings. The Morgan fingerprint density at radius 1 is 1.04 bits per heavy atom. The van der Waals surface area contributed by atoms with Gasteiger partial charge in [0.05, 0.1) is 12.0 Å². The van der Waals surface area contributed by atoms with E-state index in [1.807, 2.05) is 24.3 Å². The SMILES string of the molecule is Cl.NCC(NC(=O)[C@@H]1CCc2ccccc21)c1ccc2ccccc2c1. The van der Waals surface area contributed by atoms with Crippen LogP contribution in [-0.2, 0) is 11.2 Å². The molecule has 1 amide bonds. The van der Waals surface area contributed by atoms with E-state index in [-0.39, 0.29) is 30.3 Å². The lowest BCUT2D eigenvalue weighted by Gasteiger charge is -2.21. The Labute approximate surface area is 160 Å². The fraction of sp³-hybridized carbons (Fsp3) is 0.227. The van der Waals surface area contributed by atoms with Crippen molar-refractivity contribution in [1.82, 2.24) is 5.32 Å². The van der Waals surface area contributed by atoms with Crippen LogP contribution in [-0.4, -0.2) is 12.5 Å². The molecule has 1 unspecified atom stereocenters. The predicted octanol–water partition coefficient (Wildman–Crippen LogP) is 4.11. The molecule has 1 aliphatic rings. The van der Waals surface area contributed by atoms with Crippen molar-refractivity contribution in [3.8, 4) is 0 Å². The van der Waals surface area contributed by atoms with E-state index in [0.717, 1.165) is 24.0 Å². The van der Waals surface area contributed by atoms with E-state index in [2.05, 4.69) is 47.8 Å². The largest absolute Gasteiger partial charge is 0.347 e. The number of carbonyl (C=O) groups excluding carboxylic acids is 1. The summed E-state index contributed by atoms with van der Waals surface area (Å²) in [5, 5.41) is 5.52. The number of hydrogen-bond donors (Lipinski definition) is 2. The van der Waals surface area contributed by atoms with E-state index in [4.69, 9.17) is 5.73 Å². The van der Waals surface area contributed by atoms with Gasteiger partial charge in [0.15, 0.2) is 0 Å². The van der Waals surface area contributed by atoms with Crippen LogP contribution in [0.2, 0.25) is 0 Å². The van der Waals surface area contributed by atoms with Crippen LogP contribution in [0.4, 0.5) is 0 Å². The van der Waals surface area contributed by atoms with Crippen molar-refractivity contribution in [2.24, 2.45) is 5.73 Å². The Morgan fingerprint density at radius 3 is 2.58 bits per heavy atom. The number of rotatable bonds is 4. The fourth-order valence-electron chi connectivity index (χ4n) is 3.80.